The van der Waals surface area contributed by atoms with Gasteiger partial charge in [-0.25, -0.2) is 4.98 Å². The number of primary amides is 1. The third-order valence-corrected chi connectivity index (χ3v) is 5.11. The van der Waals surface area contributed by atoms with E-state index >= 15 is 0 Å². The van der Waals surface area contributed by atoms with Gasteiger partial charge in [0.05, 0.1) is 5.39 Å². The number of pyridine rings is 1. The Morgan fingerprint density at radius 1 is 1.23 bits per heavy atom. The highest BCUT2D eigenvalue weighted by Gasteiger charge is 2.28. The molecule has 134 valence electrons. The predicted molar refractivity (Wildman–Crippen MR) is 95.8 cm³/mol. The number of carbonyl (C=O) groups excluding carboxylic acids is 2. The fraction of sp³-hybridized carbons (Fsp3) is 0.333. The summed E-state index contributed by atoms with van der Waals surface area (Å²) in [7, 11) is 1.73. The first-order valence-corrected chi connectivity index (χ1v) is 8.53. The highest BCUT2D eigenvalue weighted by Crippen LogP contribution is 2.21. The Hall–Kier alpha value is -3.16. The maximum Gasteiger partial charge on any atom is 0.270 e. The molecule has 4 heterocycles. The first-order valence-electron chi connectivity index (χ1n) is 8.53. The fourth-order valence-electron chi connectivity index (χ4n) is 3.55. The molecule has 2 N–H and O–H groups in total. The summed E-state index contributed by atoms with van der Waals surface area (Å²) in [5, 5.41) is 0.409. The van der Waals surface area contributed by atoms with Crippen LogP contribution in [0.1, 0.15) is 23.3 Å². The lowest BCUT2D eigenvalue weighted by Gasteiger charge is -2.30. The van der Waals surface area contributed by atoms with Crippen molar-refractivity contribution in [1.29, 1.82) is 0 Å². The van der Waals surface area contributed by atoms with E-state index in [1.54, 1.807) is 40.9 Å². The monoisotopic (exact) mass is 353 g/mol. The highest BCUT2D eigenvalue weighted by atomic mass is 16.2. The summed E-state index contributed by atoms with van der Waals surface area (Å²) in [6.07, 6.45) is 2.79. The van der Waals surface area contributed by atoms with Crippen molar-refractivity contribution in [1.82, 2.24) is 18.9 Å². The molecule has 1 aliphatic rings. The lowest BCUT2D eigenvalue weighted by atomic mass is 9.96. The molecular formula is C18H19N5O3. The quantitative estimate of drug-likeness (QED) is 0.725. The average molecular weight is 353 g/mol. The maximum absolute atomic E-state index is 12.9. The number of hydrogen-bond acceptors (Lipinski definition) is 4. The van der Waals surface area contributed by atoms with Crippen molar-refractivity contribution >= 4 is 28.5 Å². The molecule has 1 aliphatic heterocycles. The van der Waals surface area contributed by atoms with E-state index in [4.69, 9.17) is 5.73 Å². The molecule has 1 fully saturated rings. The van der Waals surface area contributed by atoms with Crippen LogP contribution in [0.3, 0.4) is 0 Å². The summed E-state index contributed by atoms with van der Waals surface area (Å²) in [5.74, 6) is -0.657. The van der Waals surface area contributed by atoms with Gasteiger partial charge in [-0.05, 0) is 31.0 Å². The number of fused-ring (bicyclic) bond motifs is 2. The Balaban J connectivity index is 1.73. The number of hydrogen-bond donors (Lipinski definition) is 1. The second-order valence-electron chi connectivity index (χ2n) is 6.64. The van der Waals surface area contributed by atoms with E-state index in [1.165, 1.54) is 4.40 Å². The van der Waals surface area contributed by atoms with Crippen molar-refractivity contribution in [3.05, 3.63) is 46.5 Å². The van der Waals surface area contributed by atoms with Crippen LogP contribution in [0.2, 0.25) is 0 Å². The molecule has 3 aromatic rings. The van der Waals surface area contributed by atoms with Gasteiger partial charge >= 0.3 is 0 Å². The normalized spacial score (nSPS) is 15.7. The number of nitrogens with zero attached hydrogens (tertiary/aromatic N) is 4. The third-order valence-electron chi connectivity index (χ3n) is 5.11. The zero-order valence-electron chi connectivity index (χ0n) is 14.4. The van der Waals surface area contributed by atoms with Crippen molar-refractivity contribution in [2.75, 3.05) is 13.1 Å². The summed E-state index contributed by atoms with van der Waals surface area (Å²) < 4.78 is 3.13. The smallest absolute Gasteiger partial charge is 0.270 e. The topological polar surface area (TPSA) is 103 Å². The molecule has 2 amide bonds. The Morgan fingerprint density at radius 2 is 1.96 bits per heavy atom. The van der Waals surface area contributed by atoms with E-state index in [-0.39, 0.29) is 23.3 Å². The van der Waals surface area contributed by atoms with E-state index < -0.39 is 0 Å². The minimum absolute atomic E-state index is 0.165. The number of nitrogens with two attached hydrogens (primary N) is 1. The first kappa shape index (κ1) is 16.3. The number of likely N-dealkylation sites (tertiary alicyclic amines) is 1. The van der Waals surface area contributed by atoms with Crippen LogP contribution in [0.4, 0.5) is 0 Å². The standard InChI is InChI=1S/C18H19N5O3/c1-21-13(18(26)22-8-5-11(6-9-22)15(19)24)10-12-16(21)20-14-4-2-3-7-23(14)17(12)25/h2-4,7,10-11H,5-6,8-9H2,1H3,(H2,19,24). The molecule has 0 bridgehead atoms. The minimum Gasteiger partial charge on any atom is -0.369 e. The molecule has 26 heavy (non-hydrogen) atoms. The van der Waals surface area contributed by atoms with E-state index in [1.807, 2.05) is 6.07 Å². The molecule has 8 nitrogen and oxygen atoms in total. The molecule has 0 spiro atoms. The Morgan fingerprint density at radius 3 is 2.65 bits per heavy atom. The molecule has 1 saturated heterocycles. The van der Waals surface area contributed by atoms with Gasteiger partial charge in [0.2, 0.25) is 5.91 Å². The van der Waals surface area contributed by atoms with Crippen molar-refractivity contribution in [2.45, 2.75) is 12.8 Å². The van der Waals surface area contributed by atoms with Crippen LogP contribution in [0.5, 0.6) is 0 Å². The number of aryl methyl sites for hydroxylation is 1. The maximum atomic E-state index is 12.9. The van der Waals surface area contributed by atoms with E-state index in [2.05, 4.69) is 4.98 Å². The zero-order valence-corrected chi connectivity index (χ0v) is 14.4. The number of aromatic nitrogens is 3. The SMILES string of the molecule is Cn1c(C(=O)N2CCC(C(N)=O)CC2)cc2c(=O)n3ccccc3nc21. The molecule has 0 saturated carbocycles. The molecule has 0 unspecified atom stereocenters. The van der Waals surface area contributed by atoms with Gasteiger partial charge in [0.1, 0.15) is 17.0 Å². The zero-order chi connectivity index (χ0) is 18.4. The van der Waals surface area contributed by atoms with Crippen molar-refractivity contribution < 1.29 is 9.59 Å². The van der Waals surface area contributed by atoms with Gasteiger partial charge in [0.15, 0.2) is 0 Å². The van der Waals surface area contributed by atoms with Gasteiger partial charge in [-0.15, -0.1) is 0 Å². The van der Waals surface area contributed by atoms with Crippen molar-refractivity contribution in [3.63, 3.8) is 0 Å². The Kier molecular flexibility index (Phi) is 3.75. The second kappa shape index (κ2) is 5.98. The third kappa shape index (κ3) is 2.45. The van der Waals surface area contributed by atoms with E-state index in [0.29, 0.717) is 48.3 Å². The Bertz CT molecular complexity index is 1090. The fourth-order valence-corrected chi connectivity index (χ4v) is 3.55. The van der Waals surface area contributed by atoms with Crippen LogP contribution in [0.15, 0.2) is 35.3 Å². The van der Waals surface area contributed by atoms with Crippen LogP contribution in [0.25, 0.3) is 16.7 Å². The van der Waals surface area contributed by atoms with Crippen molar-refractivity contribution in [2.24, 2.45) is 18.7 Å². The van der Waals surface area contributed by atoms with Crippen LogP contribution in [-0.2, 0) is 11.8 Å². The summed E-state index contributed by atoms with van der Waals surface area (Å²) in [4.78, 5) is 43.1. The number of amides is 2. The number of piperidine rings is 1. The lowest BCUT2D eigenvalue weighted by molar-refractivity contribution is -0.123. The van der Waals surface area contributed by atoms with E-state index in [0.717, 1.165) is 0 Å². The van der Waals surface area contributed by atoms with Crippen LogP contribution in [0, 0.1) is 5.92 Å². The lowest BCUT2D eigenvalue weighted by Crippen LogP contribution is -2.42. The highest BCUT2D eigenvalue weighted by molar-refractivity contribution is 5.98. The first-order chi connectivity index (χ1) is 12.5. The predicted octanol–water partition coefficient (Wildman–Crippen LogP) is 0.524. The van der Waals surface area contributed by atoms with Gasteiger partial charge in [0.25, 0.3) is 11.5 Å². The summed E-state index contributed by atoms with van der Waals surface area (Å²) in [5.41, 5.74) is 6.58. The van der Waals surface area contributed by atoms with Gasteiger partial charge in [-0.2, -0.15) is 0 Å². The molecule has 0 aliphatic carbocycles. The molecule has 0 atom stereocenters. The van der Waals surface area contributed by atoms with Crippen LogP contribution >= 0.6 is 0 Å². The van der Waals surface area contributed by atoms with Crippen LogP contribution in [-0.4, -0.2) is 43.8 Å². The molecule has 0 radical (unpaired) electrons. The van der Waals surface area contributed by atoms with Gasteiger partial charge in [-0.1, -0.05) is 6.07 Å². The van der Waals surface area contributed by atoms with Crippen molar-refractivity contribution in [3.8, 4) is 0 Å². The largest absolute Gasteiger partial charge is 0.369 e. The van der Waals surface area contributed by atoms with Crippen LogP contribution < -0.4 is 11.3 Å². The van der Waals surface area contributed by atoms with Gasteiger partial charge in [-0.3, -0.25) is 18.8 Å². The minimum atomic E-state index is -0.314. The number of rotatable bonds is 2. The van der Waals surface area contributed by atoms with E-state index in [9.17, 15) is 14.4 Å². The second-order valence-corrected chi connectivity index (χ2v) is 6.64. The Labute approximate surface area is 148 Å². The summed E-state index contributed by atoms with van der Waals surface area (Å²) >= 11 is 0. The summed E-state index contributed by atoms with van der Waals surface area (Å²) in [6.45, 7) is 0.949. The average Bonchev–Trinajstić information content (AvgIpc) is 2.98. The molecule has 8 heteroatoms. The number of carbonyl (C=O) groups is 2. The molecule has 0 aromatic carbocycles. The summed E-state index contributed by atoms with van der Waals surface area (Å²) in [6, 6.07) is 6.93. The molecule has 4 rings (SSSR count). The molecule has 3 aromatic heterocycles. The molecular weight excluding hydrogens is 334 g/mol. The van der Waals surface area contributed by atoms with Gasteiger partial charge in [0, 0.05) is 32.3 Å². The van der Waals surface area contributed by atoms with Gasteiger partial charge < -0.3 is 15.2 Å².